The average molecular weight is 353 g/mol. The maximum atomic E-state index is 12.3. The molecule has 25 heavy (non-hydrogen) atoms. The van der Waals surface area contributed by atoms with Crippen LogP contribution in [0.5, 0.6) is 0 Å². The second kappa shape index (κ2) is 8.14. The van der Waals surface area contributed by atoms with Gasteiger partial charge in [0.1, 0.15) is 0 Å². The highest BCUT2D eigenvalue weighted by Crippen LogP contribution is 2.12. The zero-order valence-corrected chi connectivity index (χ0v) is 14.6. The Morgan fingerprint density at radius 2 is 1.44 bits per heavy atom. The zero-order chi connectivity index (χ0) is 17.6. The molecule has 0 bridgehead atoms. The van der Waals surface area contributed by atoms with E-state index in [1.54, 1.807) is 36.4 Å². The quantitative estimate of drug-likeness (QED) is 0.470. The van der Waals surface area contributed by atoms with E-state index in [4.69, 9.17) is 17.0 Å². The van der Waals surface area contributed by atoms with Gasteiger partial charge in [-0.05, 0) is 5.56 Å². The van der Waals surface area contributed by atoms with Gasteiger partial charge < -0.3 is 9.64 Å². The Morgan fingerprint density at radius 3 is 2.04 bits per heavy atom. The third-order valence-electron chi connectivity index (χ3n) is 4.18. The zero-order valence-electron chi connectivity index (χ0n) is 13.8. The summed E-state index contributed by atoms with van der Waals surface area (Å²) in [6, 6.07) is 15.7. The molecule has 0 amide bonds. The first-order valence-electron chi connectivity index (χ1n) is 8.23. The van der Waals surface area contributed by atoms with Crippen LogP contribution in [0.1, 0.15) is 26.3 Å². The number of ether oxygens (including phenoxy) is 1. The van der Waals surface area contributed by atoms with Gasteiger partial charge in [-0.2, -0.15) is 0 Å². The number of carbonyl (C=O) groups is 2. The minimum atomic E-state index is -0.492. The molecule has 4 nitrogen and oxygen atoms in total. The summed E-state index contributed by atoms with van der Waals surface area (Å²) in [4.78, 5) is 27.6. The first-order chi connectivity index (χ1) is 12.1. The predicted octanol–water partition coefficient (Wildman–Crippen LogP) is 2.95. The van der Waals surface area contributed by atoms with Crippen LogP contribution in [0.4, 0.5) is 0 Å². The molecule has 0 N–H and O–H groups in total. The fraction of sp³-hybridized carbons (Fsp3) is 0.250. The molecule has 3 rings (SSSR count). The number of hydrogen-bond acceptors (Lipinski definition) is 4. The van der Waals surface area contributed by atoms with Crippen molar-refractivity contribution < 1.29 is 14.3 Å². The Morgan fingerprint density at radius 1 is 0.880 bits per heavy atom. The number of rotatable bonds is 5. The molecule has 1 heterocycles. The largest absolute Gasteiger partial charge is 0.378 e. The number of benzene rings is 2. The van der Waals surface area contributed by atoms with Gasteiger partial charge in [0.05, 0.1) is 18.2 Å². The van der Waals surface area contributed by atoms with Crippen LogP contribution in [-0.4, -0.2) is 47.8 Å². The molecule has 5 heteroatoms. The van der Waals surface area contributed by atoms with E-state index >= 15 is 0 Å². The topological polar surface area (TPSA) is 46.6 Å². The van der Waals surface area contributed by atoms with Crippen LogP contribution in [0.2, 0.25) is 0 Å². The Hall–Kier alpha value is -2.37. The van der Waals surface area contributed by atoms with Crippen molar-refractivity contribution in [3.8, 4) is 0 Å². The highest BCUT2D eigenvalue weighted by Gasteiger charge is 2.18. The molecule has 1 fully saturated rings. The molecule has 1 saturated heterocycles. The minimum Gasteiger partial charge on any atom is -0.378 e. The van der Waals surface area contributed by atoms with Gasteiger partial charge in [-0.25, -0.2) is 0 Å². The summed E-state index contributed by atoms with van der Waals surface area (Å²) in [6.45, 7) is 3.05. The SMILES string of the molecule is O=C(C(=O)c1ccc(CC(=S)N2CCOCC2)cc1)c1ccccc1. The van der Waals surface area contributed by atoms with E-state index in [2.05, 4.69) is 4.90 Å². The summed E-state index contributed by atoms with van der Waals surface area (Å²) in [5.74, 6) is -0.981. The maximum absolute atomic E-state index is 12.3. The summed E-state index contributed by atoms with van der Waals surface area (Å²) >= 11 is 5.50. The lowest BCUT2D eigenvalue weighted by atomic mass is 10.00. The van der Waals surface area contributed by atoms with Gasteiger partial charge in [0.15, 0.2) is 0 Å². The molecule has 2 aromatic rings. The van der Waals surface area contributed by atoms with Gasteiger partial charge in [0.25, 0.3) is 0 Å². The molecular weight excluding hydrogens is 334 g/mol. The second-order valence-corrected chi connectivity index (χ2v) is 6.36. The number of Topliss-reactive ketones (excluding diaryl/α,β-unsaturated/α-hetero) is 2. The first kappa shape index (κ1) is 17.5. The van der Waals surface area contributed by atoms with E-state index < -0.39 is 11.6 Å². The average Bonchev–Trinajstić information content (AvgIpc) is 2.69. The summed E-state index contributed by atoms with van der Waals surface area (Å²) in [5.41, 5.74) is 1.83. The van der Waals surface area contributed by atoms with Gasteiger partial charge in [-0.1, -0.05) is 66.8 Å². The molecule has 0 saturated carbocycles. The fourth-order valence-electron chi connectivity index (χ4n) is 2.72. The number of carbonyl (C=O) groups excluding carboxylic acids is 2. The molecule has 0 atom stereocenters. The van der Waals surface area contributed by atoms with Crippen LogP contribution in [-0.2, 0) is 11.2 Å². The van der Waals surface area contributed by atoms with Crippen LogP contribution in [0, 0.1) is 0 Å². The molecule has 2 aromatic carbocycles. The number of ketones is 2. The van der Waals surface area contributed by atoms with Crippen LogP contribution in [0.25, 0.3) is 0 Å². The van der Waals surface area contributed by atoms with E-state index in [0.29, 0.717) is 30.8 Å². The van der Waals surface area contributed by atoms with Crippen molar-refractivity contribution >= 4 is 28.8 Å². The Bertz CT molecular complexity index is 765. The molecule has 0 radical (unpaired) electrons. The monoisotopic (exact) mass is 353 g/mol. The summed E-state index contributed by atoms with van der Waals surface area (Å²) in [5, 5.41) is 0. The molecule has 0 aliphatic carbocycles. The molecule has 128 valence electrons. The second-order valence-electron chi connectivity index (χ2n) is 5.89. The maximum Gasteiger partial charge on any atom is 0.233 e. The van der Waals surface area contributed by atoms with Crippen molar-refractivity contribution in [1.29, 1.82) is 0 Å². The lowest BCUT2D eigenvalue weighted by molar-refractivity contribution is 0.0684. The third kappa shape index (κ3) is 4.38. The van der Waals surface area contributed by atoms with Crippen molar-refractivity contribution in [3.05, 3.63) is 71.3 Å². The van der Waals surface area contributed by atoms with Gasteiger partial charge in [0.2, 0.25) is 11.6 Å². The van der Waals surface area contributed by atoms with Crippen LogP contribution in [0.3, 0.4) is 0 Å². The predicted molar refractivity (Wildman–Crippen MR) is 100 cm³/mol. The number of nitrogens with zero attached hydrogens (tertiary/aromatic N) is 1. The highest BCUT2D eigenvalue weighted by molar-refractivity contribution is 7.80. The number of hydrogen-bond donors (Lipinski definition) is 0. The van der Waals surface area contributed by atoms with Gasteiger partial charge in [0, 0.05) is 30.6 Å². The fourth-order valence-corrected chi connectivity index (χ4v) is 3.07. The highest BCUT2D eigenvalue weighted by atomic mass is 32.1. The molecular formula is C20H19NO3S. The summed E-state index contributed by atoms with van der Waals surface area (Å²) < 4.78 is 5.33. The van der Waals surface area contributed by atoms with Crippen LogP contribution < -0.4 is 0 Å². The normalized spacial score (nSPS) is 14.2. The van der Waals surface area contributed by atoms with E-state index in [1.807, 2.05) is 18.2 Å². The third-order valence-corrected chi connectivity index (χ3v) is 4.58. The lowest BCUT2D eigenvalue weighted by Gasteiger charge is -2.29. The Balaban J connectivity index is 1.64. The molecule has 0 spiro atoms. The molecule has 1 aliphatic rings. The Kier molecular flexibility index (Phi) is 5.68. The number of morpholine rings is 1. The first-order valence-corrected chi connectivity index (χ1v) is 8.64. The number of thiocarbonyl (C=S) groups is 1. The molecule has 1 aliphatic heterocycles. The van der Waals surface area contributed by atoms with Crippen molar-refractivity contribution in [3.63, 3.8) is 0 Å². The minimum absolute atomic E-state index is 0.398. The van der Waals surface area contributed by atoms with Crippen LogP contribution in [0.15, 0.2) is 54.6 Å². The standard InChI is InChI=1S/C20H19NO3S/c22-19(16-4-2-1-3-5-16)20(23)17-8-6-15(7-9-17)14-18(25)21-10-12-24-13-11-21/h1-9H,10-14H2. The van der Waals surface area contributed by atoms with Crippen molar-refractivity contribution in [2.24, 2.45) is 0 Å². The van der Waals surface area contributed by atoms with Crippen LogP contribution >= 0.6 is 12.2 Å². The lowest BCUT2D eigenvalue weighted by Crippen LogP contribution is -2.40. The smallest absolute Gasteiger partial charge is 0.233 e. The summed E-state index contributed by atoms with van der Waals surface area (Å²) in [7, 11) is 0. The van der Waals surface area contributed by atoms with Crippen molar-refractivity contribution in [2.75, 3.05) is 26.3 Å². The summed E-state index contributed by atoms with van der Waals surface area (Å²) in [6.07, 6.45) is 0.649. The van der Waals surface area contributed by atoms with E-state index in [-0.39, 0.29) is 0 Å². The van der Waals surface area contributed by atoms with Gasteiger partial charge >= 0.3 is 0 Å². The van der Waals surface area contributed by atoms with E-state index in [1.165, 1.54) is 0 Å². The van der Waals surface area contributed by atoms with E-state index in [9.17, 15) is 9.59 Å². The van der Waals surface area contributed by atoms with Gasteiger partial charge in [-0.3, -0.25) is 9.59 Å². The Labute approximate surface area is 152 Å². The van der Waals surface area contributed by atoms with Gasteiger partial charge in [-0.15, -0.1) is 0 Å². The van der Waals surface area contributed by atoms with Crippen molar-refractivity contribution in [1.82, 2.24) is 4.90 Å². The van der Waals surface area contributed by atoms with E-state index in [0.717, 1.165) is 23.6 Å². The van der Waals surface area contributed by atoms with Crippen molar-refractivity contribution in [2.45, 2.75) is 6.42 Å². The molecule has 0 unspecified atom stereocenters. The molecule has 0 aromatic heterocycles.